The minimum atomic E-state index is -0.508. The standard InChI is InChI=1S/C25H34N4O5S/c1-17(2)18-5-6-20-12-21(8-7-19(20)11-18)34-10-4-3-9-26-22(30)13-27-23(31)14-28-24(32)15-29-25(33)16-35/h5-8,11-12,17,35H,3-4,9-10,13-16H2,1-2H3,(H,26,30)(H,27,31)(H,28,32)(H,29,33). The highest BCUT2D eigenvalue weighted by Gasteiger charge is 2.08. The number of benzene rings is 2. The number of ether oxygens (including phenoxy) is 1. The number of fused-ring (bicyclic) bond motifs is 1. The Bertz CT molecular complexity index is 1030. The molecule has 9 nitrogen and oxygen atoms in total. The van der Waals surface area contributed by atoms with Crippen LogP contribution < -0.4 is 26.0 Å². The molecule has 2 aromatic rings. The third kappa shape index (κ3) is 10.7. The number of hydrogen-bond donors (Lipinski definition) is 5. The van der Waals surface area contributed by atoms with E-state index in [2.05, 4.69) is 72.0 Å². The first-order valence-corrected chi connectivity index (χ1v) is 12.3. The fourth-order valence-corrected chi connectivity index (χ4v) is 3.23. The molecule has 0 aromatic heterocycles. The summed E-state index contributed by atoms with van der Waals surface area (Å²) in [5.41, 5.74) is 1.31. The van der Waals surface area contributed by atoms with Crippen molar-refractivity contribution >= 4 is 47.0 Å². The van der Waals surface area contributed by atoms with E-state index in [9.17, 15) is 19.2 Å². The van der Waals surface area contributed by atoms with Crippen LogP contribution in [-0.4, -0.2) is 62.2 Å². The lowest BCUT2D eigenvalue weighted by Gasteiger charge is -2.10. The highest BCUT2D eigenvalue weighted by Crippen LogP contribution is 2.25. The molecular formula is C25H34N4O5S. The maximum Gasteiger partial charge on any atom is 0.239 e. The van der Waals surface area contributed by atoms with Gasteiger partial charge in [-0.15, -0.1) is 0 Å². The molecule has 0 fully saturated rings. The van der Waals surface area contributed by atoms with Gasteiger partial charge in [0, 0.05) is 6.54 Å². The van der Waals surface area contributed by atoms with Crippen molar-refractivity contribution in [2.45, 2.75) is 32.6 Å². The van der Waals surface area contributed by atoms with Gasteiger partial charge in [0.2, 0.25) is 23.6 Å². The SMILES string of the molecule is CC(C)c1ccc2cc(OCCCCNC(=O)CNC(=O)CNC(=O)CNC(=O)CS)ccc2c1. The molecular weight excluding hydrogens is 468 g/mol. The van der Waals surface area contributed by atoms with E-state index in [0.717, 1.165) is 24.0 Å². The molecule has 0 saturated heterocycles. The van der Waals surface area contributed by atoms with Crippen molar-refractivity contribution in [1.82, 2.24) is 21.3 Å². The Kier molecular flexibility index (Phi) is 11.9. The number of rotatable bonds is 14. The Balaban J connectivity index is 1.54. The van der Waals surface area contributed by atoms with Crippen LogP contribution in [0.5, 0.6) is 5.75 Å². The lowest BCUT2D eigenvalue weighted by atomic mass is 9.99. The molecule has 0 saturated carbocycles. The predicted molar refractivity (Wildman–Crippen MR) is 139 cm³/mol. The van der Waals surface area contributed by atoms with Gasteiger partial charge in [-0.05, 0) is 47.2 Å². The molecule has 0 aliphatic heterocycles. The molecule has 190 valence electrons. The number of amides is 4. The number of hydrogen-bond acceptors (Lipinski definition) is 6. The third-order valence-electron chi connectivity index (χ3n) is 5.15. The van der Waals surface area contributed by atoms with E-state index in [1.165, 1.54) is 10.9 Å². The van der Waals surface area contributed by atoms with Crippen LogP contribution in [0.25, 0.3) is 10.8 Å². The first kappa shape index (κ1) is 28.0. The monoisotopic (exact) mass is 502 g/mol. The fraction of sp³-hybridized carbons (Fsp3) is 0.440. The minimum Gasteiger partial charge on any atom is -0.494 e. The van der Waals surface area contributed by atoms with E-state index in [1.54, 1.807) is 0 Å². The topological polar surface area (TPSA) is 126 Å². The van der Waals surface area contributed by atoms with E-state index in [1.807, 2.05) is 12.1 Å². The van der Waals surface area contributed by atoms with Gasteiger partial charge in [0.25, 0.3) is 0 Å². The molecule has 35 heavy (non-hydrogen) atoms. The van der Waals surface area contributed by atoms with E-state index in [-0.39, 0.29) is 37.2 Å². The second kappa shape index (κ2) is 14.9. The highest BCUT2D eigenvalue weighted by molar-refractivity contribution is 7.81. The second-order valence-electron chi connectivity index (χ2n) is 8.32. The predicted octanol–water partition coefficient (Wildman–Crippen LogP) is 1.52. The summed E-state index contributed by atoms with van der Waals surface area (Å²) in [4.78, 5) is 46.1. The van der Waals surface area contributed by atoms with Crippen LogP contribution in [0, 0.1) is 0 Å². The summed E-state index contributed by atoms with van der Waals surface area (Å²) >= 11 is 3.77. The number of thiol groups is 1. The lowest BCUT2D eigenvalue weighted by molar-refractivity contribution is -0.128. The Morgan fingerprint density at radius 1 is 0.771 bits per heavy atom. The van der Waals surface area contributed by atoms with Crippen LogP contribution in [-0.2, 0) is 19.2 Å². The highest BCUT2D eigenvalue weighted by atomic mass is 32.1. The van der Waals surface area contributed by atoms with Gasteiger partial charge in [-0.3, -0.25) is 19.2 Å². The van der Waals surface area contributed by atoms with Crippen LogP contribution in [0.1, 0.15) is 38.2 Å². The van der Waals surface area contributed by atoms with Crippen molar-refractivity contribution in [3.8, 4) is 5.75 Å². The summed E-state index contributed by atoms with van der Waals surface area (Å²) in [5.74, 6) is -0.432. The first-order valence-electron chi connectivity index (χ1n) is 11.6. The molecule has 0 unspecified atom stereocenters. The van der Waals surface area contributed by atoms with Crippen molar-refractivity contribution < 1.29 is 23.9 Å². The van der Waals surface area contributed by atoms with Gasteiger partial charge < -0.3 is 26.0 Å². The van der Waals surface area contributed by atoms with Crippen molar-refractivity contribution in [1.29, 1.82) is 0 Å². The largest absolute Gasteiger partial charge is 0.494 e. The Hall–Kier alpha value is -3.27. The summed E-state index contributed by atoms with van der Waals surface area (Å²) in [7, 11) is 0. The summed E-state index contributed by atoms with van der Waals surface area (Å²) in [5, 5.41) is 12.2. The molecule has 4 amide bonds. The van der Waals surface area contributed by atoms with Crippen LogP contribution in [0.4, 0.5) is 0 Å². The average Bonchev–Trinajstić information content (AvgIpc) is 2.86. The molecule has 10 heteroatoms. The van der Waals surface area contributed by atoms with E-state index >= 15 is 0 Å². The summed E-state index contributed by atoms with van der Waals surface area (Å²) < 4.78 is 5.83. The Morgan fingerprint density at radius 3 is 1.97 bits per heavy atom. The van der Waals surface area contributed by atoms with Gasteiger partial charge >= 0.3 is 0 Å². The van der Waals surface area contributed by atoms with Crippen molar-refractivity contribution in [2.24, 2.45) is 0 Å². The number of carbonyl (C=O) groups is 4. The van der Waals surface area contributed by atoms with Gasteiger partial charge in [-0.25, -0.2) is 0 Å². The number of unbranched alkanes of at least 4 members (excludes halogenated alkanes) is 1. The van der Waals surface area contributed by atoms with Crippen LogP contribution in [0.3, 0.4) is 0 Å². The van der Waals surface area contributed by atoms with Gasteiger partial charge in [-0.1, -0.05) is 38.1 Å². The molecule has 0 aliphatic rings. The summed E-state index contributed by atoms with van der Waals surface area (Å²) in [6.07, 6.45) is 1.51. The smallest absolute Gasteiger partial charge is 0.239 e. The van der Waals surface area contributed by atoms with Crippen LogP contribution in [0.15, 0.2) is 36.4 Å². The van der Waals surface area contributed by atoms with E-state index < -0.39 is 11.8 Å². The maximum absolute atomic E-state index is 11.8. The zero-order chi connectivity index (χ0) is 25.6. The van der Waals surface area contributed by atoms with Gasteiger partial charge in [0.05, 0.1) is 32.0 Å². The minimum absolute atomic E-state index is 0.0281. The van der Waals surface area contributed by atoms with Gasteiger partial charge in [0.15, 0.2) is 0 Å². The number of nitrogens with one attached hydrogen (secondary N) is 4. The van der Waals surface area contributed by atoms with Gasteiger partial charge in [-0.2, -0.15) is 12.6 Å². The van der Waals surface area contributed by atoms with Crippen molar-refractivity contribution in [3.63, 3.8) is 0 Å². The lowest BCUT2D eigenvalue weighted by Crippen LogP contribution is -2.44. The fourth-order valence-electron chi connectivity index (χ4n) is 3.12. The molecule has 0 aliphatic carbocycles. The summed E-state index contributed by atoms with van der Waals surface area (Å²) in [6, 6.07) is 12.5. The van der Waals surface area contributed by atoms with Gasteiger partial charge in [0.1, 0.15) is 5.75 Å². The maximum atomic E-state index is 11.8. The molecule has 0 atom stereocenters. The molecule has 0 bridgehead atoms. The molecule has 0 spiro atoms. The number of carbonyl (C=O) groups excluding carboxylic acids is 4. The second-order valence-corrected chi connectivity index (χ2v) is 8.63. The van der Waals surface area contributed by atoms with Crippen LogP contribution >= 0.6 is 12.6 Å². The summed E-state index contributed by atoms with van der Waals surface area (Å²) in [6.45, 7) is 4.65. The third-order valence-corrected chi connectivity index (χ3v) is 5.43. The van der Waals surface area contributed by atoms with Crippen molar-refractivity contribution in [2.75, 3.05) is 38.5 Å². The molecule has 4 N–H and O–H groups in total. The zero-order valence-electron chi connectivity index (χ0n) is 20.2. The average molecular weight is 503 g/mol. The first-order chi connectivity index (χ1) is 16.8. The Labute approximate surface area is 211 Å². The molecule has 2 rings (SSSR count). The normalized spacial score (nSPS) is 10.6. The Morgan fingerprint density at radius 2 is 1.34 bits per heavy atom. The van der Waals surface area contributed by atoms with Crippen LogP contribution in [0.2, 0.25) is 0 Å². The molecule has 0 radical (unpaired) electrons. The van der Waals surface area contributed by atoms with Crippen molar-refractivity contribution in [3.05, 3.63) is 42.0 Å². The van der Waals surface area contributed by atoms with E-state index in [0.29, 0.717) is 19.1 Å². The molecule has 0 heterocycles. The zero-order valence-corrected chi connectivity index (χ0v) is 21.1. The molecule has 2 aromatic carbocycles. The quantitative estimate of drug-likeness (QED) is 0.198. The van der Waals surface area contributed by atoms with E-state index in [4.69, 9.17) is 4.74 Å².